The predicted octanol–water partition coefficient (Wildman–Crippen LogP) is 3.60. The van der Waals surface area contributed by atoms with Gasteiger partial charge in [-0.2, -0.15) is 4.31 Å². The summed E-state index contributed by atoms with van der Waals surface area (Å²) in [5, 5.41) is 0. The maximum Gasteiger partial charge on any atom is 0.271 e. The number of benzene rings is 2. The van der Waals surface area contributed by atoms with Crippen molar-refractivity contribution in [2.75, 3.05) is 4.31 Å². The average molecular weight is 329 g/mol. The van der Waals surface area contributed by atoms with E-state index in [4.69, 9.17) is 0 Å². The molecule has 2 rings (SSSR count). The Morgan fingerprint density at radius 3 is 2.09 bits per heavy atom. The van der Waals surface area contributed by atoms with E-state index in [1.165, 1.54) is 13.0 Å². The largest absolute Gasteiger partial charge is 0.271 e. The Morgan fingerprint density at radius 2 is 1.57 bits per heavy atom. The highest BCUT2D eigenvalue weighted by Gasteiger charge is 2.32. The molecule has 2 aromatic rings. The number of amides is 1. The average Bonchev–Trinajstić information content (AvgIpc) is 2.49. The van der Waals surface area contributed by atoms with Gasteiger partial charge in [-0.15, -0.1) is 0 Å². The first-order valence-electron chi connectivity index (χ1n) is 7.12. The van der Waals surface area contributed by atoms with E-state index in [9.17, 15) is 13.2 Å². The van der Waals surface area contributed by atoms with Crippen molar-refractivity contribution in [2.45, 2.75) is 25.7 Å². The van der Waals surface area contributed by atoms with Crippen LogP contribution in [0.3, 0.4) is 0 Å². The molecule has 2 aromatic carbocycles. The van der Waals surface area contributed by atoms with Gasteiger partial charge in [0.15, 0.2) is 0 Å². The second kappa shape index (κ2) is 6.38. The van der Waals surface area contributed by atoms with Crippen LogP contribution in [0.4, 0.5) is 5.69 Å². The van der Waals surface area contributed by atoms with Crippen molar-refractivity contribution in [3.63, 3.8) is 0 Å². The van der Waals surface area contributed by atoms with Crippen molar-refractivity contribution in [1.82, 2.24) is 0 Å². The second-order valence-corrected chi connectivity index (χ2v) is 7.21. The Kier molecular flexibility index (Phi) is 4.71. The fourth-order valence-electron chi connectivity index (χ4n) is 2.16. The zero-order valence-electron chi connectivity index (χ0n) is 13.4. The highest BCUT2D eigenvalue weighted by molar-refractivity contribution is 7.93. The summed E-state index contributed by atoms with van der Waals surface area (Å²) in [6, 6.07) is 13.4. The minimum absolute atomic E-state index is 0.107. The number of sulfonamides is 1. The van der Waals surface area contributed by atoms with E-state index >= 15 is 0 Å². The second-order valence-electron chi connectivity index (χ2n) is 5.46. The number of anilines is 1. The fourth-order valence-corrected chi connectivity index (χ4v) is 3.86. The van der Waals surface area contributed by atoms with E-state index in [1.54, 1.807) is 49.4 Å². The van der Waals surface area contributed by atoms with E-state index in [0.717, 1.165) is 9.87 Å². The first kappa shape index (κ1) is 17.0. The van der Waals surface area contributed by atoms with Crippen LogP contribution in [0.15, 0.2) is 65.6 Å². The number of aryl methyl sites for hydroxylation is 2. The van der Waals surface area contributed by atoms with Gasteiger partial charge in [-0.25, -0.2) is 8.42 Å². The van der Waals surface area contributed by atoms with Crippen LogP contribution in [0.2, 0.25) is 0 Å². The normalized spacial score (nSPS) is 11.1. The van der Waals surface area contributed by atoms with Gasteiger partial charge in [-0.3, -0.25) is 4.79 Å². The van der Waals surface area contributed by atoms with Gasteiger partial charge in [-0.1, -0.05) is 42.5 Å². The summed E-state index contributed by atoms with van der Waals surface area (Å²) in [7, 11) is -4.02. The predicted molar refractivity (Wildman–Crippen MR) is 91.8 cm³/mol. The molecule has 0 aliphatic carbocycles. The van der Waals surface area contributed by atoms with Gasteiger partial charge in [0.25, 0.3) is 15.9 Å². The third-order valence-electron chi connectivity index (χ3n) is 3.43. The number of rotatable bonds is 4. The summed E-state index contributed by atoms with van der Waals surface area (Å²) in [5.74, 6) is -0.642. The number of hydrogen-bond acceptors (Lipinski definition) is 3. The summed E-state index contributed by atoms with van der Waals surface area (Å²) in [6.07, 6.45) is 0. The highest BCUT2D eigenvalue weighted by Crippen LogP contribution is 2.27. The molecular formula is C18H19NO3S. The molecule has 0 heterocycles. The van der Waals surface area contributed by atoms with E-state index in [-0.39, 0.29) is 10.5 Å². The lowest BCUT2D eigenvalue weighted by molar-refractivity contribution is -0.113. The van der Waals surface area contributed by atoms with Crippen LogP contribution < -0.4 is 4.31 Å². The summed E-state index contributed by atoms with van der Waals surface area (Å²) < 4.78 is 26.9. The van der Waals surface area contributed by atoms with Crippen molar-refractivity contribution in [3.8, 4) is 0 Å². The third-order valence-corrected chi connectivity index (χ3v) is 5.30. The van der Waals surface area contributed by atoms with Gasteiger partial charge in [0.2, 0.25) is 0 Å². The molecule has 0 atom stereocenters. The first-order chi connectivity index (χ1) is 10.7. The van der Waals surface area contributed by atoms with Crippen molar-refractivity contribution in [3.05, 3.63) is 71.8 Å². The Labute approximate surface area is 137 Å². The Bertz CT molecular complexity index is 852. The molecule has 0 aliphatic heterocycles. The van der Waals surface area contributed by atoms with Crippen molar-refractivity contribution >= 4 is 21.6 Å². The summed E-state index contributed by atoms with van der Waals surface area (Å²) in [6.45, 7) is 8.68. The number of carbonyl (C=O) groups excluding carboxylic acids is 1. The van der Waals surface area contributed by atoms with Gasteiger partial charge >= 0.3 is 0 Å². The molecule has 0 fully saturated rings. The zero-order chi connectivity index (χ0) is 17.2. The van der Waals surface area contributed by atoms with Crippen LogP contribution in [-0.4, -0.2) is 14.3 Å². The van der Waals surface area contributed by atoms with Gasteiger partial charge in [-0.05, 0) is 44.5 Å². The zero-order valence-corrected chi connectivity index (χ0v) is 14.2. The standard InChI is InChI=1S/C18H19NO3S/c1-13(2)18(20)19(16-11-9-14(3)10-12-16)23(21,22)17-8-6-5-7-15(17)4/h5-12H,1H2,2-4H3. The van der Waals surface area contributed by atoms with Crippen LogP contribution in [0.1, 0.15) is 18.1 Å². The first-order valence-corrected chi connectivity index (χ1v) is 8.56. The summed E-state index contributed by atoms with van der Waals surface area (Å²) >= 11 is 0. The molecule has 4 nitrogen and oxygen atoms in total. The lowest BCUT2D eigenvalue weighted by Crippen LogP contribution is -2.37. The quantitative estimate of drug-likeness (QED) is 0.805. The summed E-state index contributed by atoms with van der Waals surface area (Å²) in [5.41, 5.74) is 2.01. The van der Waals surface area contributed by atoms with Crippen molar-refractivity contribution in [2.24, 2.45) is 0 Å². The number of nitrogens with zero attached hydrogens (tertiary/aromatic N) is 1. The molecule has 5 heteroatoms. The minimum Gasteiger partial charge on any atom is -0.268 e. The van der Waals surface area contributed by atoms with Crippen LogP contribution in [-0.2, 0) is 14.8 Å². The van der Waals surface area contributed by atoms with Crippen LogP contribution >= 0.6 is 0 Å². The molecule has 0 N–H and O–H groups in total. The molecule has 23 heavy (non-hydrogen) atoms. The molecule has 0 saturated carbocycles. The monoisotopic (exact) mass is 329 g/mol. The van der Waals surface area contributed by atoms with E-state index in [2.05, 4.69) is 6.58 Å². The van der Waals surface area contributed by atoms with Gasteiger partial charge < -0.3 is 0 Å². The molecule has 1 amide bonds. The Balaban J connectivity index is 2.67. The van der Waals surface area contributed by atoms with Crippen LogP contribution in [0.5, 0.6) is 0 Å². The highest BCUT2D eigenvalue weighted by atomic mass is 32.2. The molecule has 0 aromatic heterocycles. The van der Waals surface area contributed by atoms with E-state index in [0.29, 0.717) is 11.3 Å². The molecule has 120 valence electrons. The summed E-state index contributed by atoms with van der Waals surface area (Å²) in [4.78, 5) is 12.6. The molecule has 0 radical (unpaired) electrons. The topological polar surface area (TPSA) is 54.5 Å². The van der Waals surface area contributed by atoms with Crippen molar-refractivity contribution < 1.29 is 13.2 Å². The molecule has 0 unspecified atom stereocenters. The van der Waals surface area contributed by atoms with Crippen LogP contribution in [0, 0.1) is 13.8 Å². The fraction of sp³-hybridized carbons (Fsp3) is 0.167. The maximum absolute atomic E-state index is 13.0. The molecule has 0 spiro atoms. The smallest absolute Gasteiger partial charge is 0.268 e. The maximum atomic E-state index is 13.0. The molecule has 0 saturated heterocycles. The van der Waals surface area contributed by atoms with E-state index < -0.39 is 15.9 Å². The lowest BCUT2D eigenvalue weighted by Gasteiger charge is -2.23. The van der Waals surface area contributed by atoms with Crippen molar-refractivity contribution in [1.29, 1.82) is 0 Å². The Hall–Kier alpha value is -2.40. The molecule has 0 aliphatic rings. The van der Waals surface area contributed by atoms with Crippen LogP contribution in [0.25, 0.3) is 0 Å². The van der Waals surface area contributed by atoms with Gasteiger partial charge in [0.05, 0.1) is 10.6 Å². The van der Waals surface area contributed by atoms with E-state index in [1.807, 2.05) is 6.92 Å². The molecule has 0 bridgehead atoms. The number of hydrogen-bond donors (Lipinski definition) is 0. The SMILES string of the molecule is C=C(C)C(=O)N(c1ccc(C)cc1)S(=O)(=O)c1ccccc1C. The van der Waals surface area contributed by atoms with Gasteiger partial charge in [0.1, 0.15) is 0 Å². The lowest BCUT2D eigenvalue weighted by atomic mass is 10.2. The number of carbonyl (C=O) groups is 1. The minimum atomic E-state index is -4.02. The Morgan fingerprint density at radius 1 is 1.00 bits per heavy atom. The van der Waals surface area contributed by atoms with Gasteiger partial charge in [0, 0.05) is 5.57 Å². The molecular weight excluding hydrogens is 310 g/mol. The third kappa shape index (κ3) is 3.35.